The van der Waals surface area contributed by atoms with Crippen LogP contribution in [0.2, 0.25) is 0 Å². The molecule has 1 N–H and O–H groups in total. The largest absolute Gasteiger partial charge is 0.451 e. The number of carbonyl (C=O) groups excluding carboxylic acids is 2. The van der Waals surface area contributed by atoms with Crippen LogP contribution in [-0.2, 0) is 9.53 Å². The Bertz CT molecular complexity index is 1220. The van der Waals surface area contributed by atoms with E-state index < -0.39 is 23.5 Å². The Morgan fingerprint density at radius 1 is 0.886 bits per heavy atom. The van der Waals surface area contributed by atoms with Gasteiger partial charge in [-0.1, -0.05) is 54.6 Å². The fourth-order valence-electron chi connectivity index (χ4n) is 3.48. The van der Waals surface area contributed by atoms with Gasteiger partial charge in [0.15, 0.2) is 6.04 Å². The first-order valence-electron chi connectivity index (χ1n) is 11.3. The summed E-state index contributed by atoms with van der Waals surface area (Å²) < 4.78 is 5.43. The highest BCUT2D eigenvalue weighted by molar-refractivity contribution is 6.36. The third-order valence-corrected chi connectivity index (χ3v) is 5.26. The highest BCUT2D eigenvalue weighted by Crippen LogP contribution is 2.24. The van der Waals surface area contributed by atoms with Crippen LogP contribution in [0.25, 0.3) is 16.7 Å². The summed E-state index contributed by atoms with van der Waals surface area (Å²) >= 11 is 0. The van der Waals surface area contributed by atoms with Crippen molar-refractivity contribution in [3.05, 3.63) is 95.5 Å². The number of amides is 1. The first kappa shape index (κ1) is 25.4. The van der Waals surface area contributed by atoms with Gasteiger partial charge in [-0.3, -0.25) is 4.79 Å². The van der Waals surface area contributed by atoms with Gasteiger partial charge in [0.1, 0.15) is 5.60 Å². The van der Waals surface area contributed by atoms with Crippen LogP contribution in [-0.4, -0.2) is 42.1 Å². The van der Waals surface area contributed by atoms with Crippen LogP contribution >= 0.6 is 0 Å². The quantitative estimate of drug-likeness (QED) is 0.230. The smallest absolute Gasteiger partial charge is 0.420 e. The van der Waals surface area contributed by atoms with Crippen molar-refractivity contribution in [1.29, 1.82) is 0 Å². The van der Waals surface area contributed by atoms with Crippen molar-refractivity contribution in [3.63, 3.8) is 0 Å². The number of carbonyl (C=O) groups is 2. The average molecular weight is 471 g/mol. The molecule has 0 saturated heterocycles. The van der Waals surface area contributed by atoms with Gasteiger partial charge in [-0.05, 0) is 61.7 Å². The van der Waals surface area contributed by atoms with E-state index in [0.29, 0.717) is 11.1 Å². The third-order valence-electron chi connectivity index (χ3n) is 5.26. The van der Waals surface area contributed by atoms with Crippen molar-refractivity contribution in [1.82, 2.24) is 5.32 Å². The van der Waals surface area contributed by atoms with E-state index in [0.717, 1.165) is 16.8 Å². The van der Waals surface area contributed by atoms with Crippen molar-refractivity contribution in [2.45, 2.75) is 32.4 Å². The molecule has 0 aliphatic rings. The van der Waals surface area contributed by atoms with Crippen molar-refractivity contribution in [2.24, 2.45) is 0 Å². The zero-order valence-corrected chi connectivity index (χ0v) is 20.6. The zero-order valence-electron chi connectivity index (χ0n) is 20.6. The minimum absolute atomic E-state index is 0.314. The molecule has 1 atom stereocenters. The Morgan fingerprint density at radius 2 is 1.46 bits per heavy atom. The second-order valence-electron chi connectivity index (χ2n) is 9.32. The number of rotatable bonds is 7. The number of esters is 1. The molecule has 7 nitrogen and oxygen atoms in total. The van der Waals surface area contributed by atoms with Crippen LogP contribution in [0.5, 0.6) is 0 Å². The molecule has 180 valence electrons. The number of nitrogens with zero attached hydrogens (tertiary/aromatic N) is 3. The summed E-state index contributed by atoms with van der Waals surface area (Å²) in [6, 6.07) is 23.2. The van der Waals surface area contributed by atoms with Gasteiger partial charge in [0.25, 0.3) is 5.91 Å². The molecule has 7 heteroatoms. The summed E-state index contributed by atoms with van der Waals surface area (Å²) in [7, 11) is 3.82. The van der Waals surface area contributed by atoms with Gasteiger partial charge in [0, 0.05) is 25.3 Å². The molecule has 0 aliphatic heterocycles. The number of ether oxygens (including phenoxy) is 1. The van der Waals surface area contributed by atoms with Gasteiger partial charge in [-0.25, -0.2) is 4.79 Å². The lowest BCUT2D eigenvalue weighted by Crippen LogP contribution is -2.40. The summed E-state index contributed by atoms with van der Waals surface area (Å²) in [5.41, 5.74) is 12.6. The number of nitrogens with one attached hydrogen (secondary N) is 1. The molecule has 3 aromatic rings. The molecular formula is C28H30N4O3. The van der Waals surface area contributed by atoms with Crippen molar-refractivity contribution in [2.75, 3.05) is 19.0 Å². The molecule has 35 heavy (non-hydrogen) atoms. The third kappa shape index (κ3) is 6.65. The molecule has 0 aliphatic carbocycles. The lowest BCUT2D eigenvalue weighted by atomic mass is 9.97. The summed E-state index contributed by atoms with van der Waals surface area (Å²) in [4.78, 5) is 31.1. The van der Waals surface area contributed by atoms with Gasteiger partial charge in [-0.15, -0.1) is 0 Å². The summed E-state index contributed by atoms with van der Waals surface area (Å²) in [6.07, 6.45) is 0. The van der Waals surface area contributed by atoms with Crippen LogP contribution in [0.15, 0.2) is 78.9 Å². The summed E-state index contributed by atoms with van der Waals surface area (Å²) in [6.45, 7) is 5.15. The summed E-state index contributed by atoms with van der Waals surface area (Å²) in [5, 5.41) is 2.83. The number of hydrogen-bond acceptors (Lipinski definition) is 4. The Balaban J connectivity index is 1.95. The van der Waals surface area contributed by atoms with E-state index in [2.05, 4.69) is 10.1 Å². The summed E-state index contributed by atoms with van der Waals surface area (Å²) in [5.74, 6) is -1.24. The second-order valence-corrected chi connectivity index (χ2v) is 9.32. The fraction of sp³-hybridized carbons (Fsp3) is 0.250. The van der Waals surface area contributed by atoms with Crippen LogP contribution in [0.1, 0.15) is 42.7 Å². The maximum atomic E-state index is 13.1. The predicted octanol–water partition coefficient (Wildman–Crippen LogP) is 4.90. The fourth-order valence-corrected chi connectivity index (χ4v) is 3.48. The zero-order chi connectivity index (χ0) is 25.6. The van der Waals surface area contributed by atoms with E-state index >= 15 is 0 Å². The molecule has 0 radical (unpaired) electrons. The maximum Gasteiger partial charge on any atom is 0.420 e. The van der Waals surface area contributed by atoms with Crippen molar-refractivity contribution >= 4 is 23.3 Å². The predicted molar refractivity (Wildman–Crippen MR) is 137 cm³/mol. The van der Waals surface area contributed by atoms with Gasteiger partial charge < -0.3 is 20.5 Å². The molecule has 0 aromatic heterocycles. The lowest BCUT2D eigenvalue weighted by Gasteiger charge is -2.21. The van der Waals surface area contributed by atoms with E-state index in [-0.39, 0.29) is 5.71 Å². The normalized spacial score (nSPS) is 11.7. The highest BCUT2D eigenvalue weighted by atomic mass is 16.6. The topological polar surface area (TPSA) is 95.0 Å². The standard InChI is InChI=1S/C28H30N4O3/c1-28(2,3)35-27(34)25(31-29)24(30-26(33)22-15-17-23(18-16-22)32(4)5)21-13-11-20(12-14-21)19-9-7-6-8-10-19/h6-18,24H,1-5H3,(H,30,33)/t24-/m0/s1. The van der Waals surface area contributed by atoms with Crippen LogP contribution < -0.4 is 10.2 Å². The van der Waals surface area contributed by atoms with Crippen LogP contribution in [0.4, 0.5) is 5.69 Å². The molecule has 0 unspecified atom stereocenters. The van der Waals surface area contributed by atoms with Crippen molar-refractivity contribution < 1.29 is 19.1 Å². The second kappa shape index (κ2) is 10.8. The Labute approximate surface area is 206 Å². The van der Waals surface area contributed by atoms with Gasteiger partial charge in [0.05, 0.1) is 0 Å². The van der Waals surface area contributed by atoms with Gasteiger partial charge >= 0.3 is 11.7 Å². The van der Waals surface area contributed by atoms with Gasteiger partial charge in [0.2, 0.25) is 0 Å². The van der Waals surface area contributed by atoms with E-state index in [1.807, 2.05) is 73.6 Å². The Morgan fingerprint density at radius 3 is 1.97 bits per heavy atom. The van der Waals surface area contributed by atoms with E-state index in [1.54, 1.807) is 45.0 Å². The molecule has 0 fully saturated rings. The molecule has 1 amide bonds. The molecule has 0 spiro atoms. The average Bonchev–Trinajstić information content (AvgIpc) is 2.83. The Kier molecular flexibility index (Phi) is 7.84. The number of hydrogen-bond donors (Lipinski definition) is 1. The minimum atomic E-state index is -1.03. The first-order chi connectivity index (χ1) is 16.6. The van der Waals surface area contributed by atoms with Gasteiger partial charge in [-0.2, -0.15) is 4.79 Å². The minimum Gasteiger partial charge on any atom is -0.451 e. The molecule has 3 aromatic carbocycles. The maximum absolute atomic E-state index is 13.1. The molecular weight excluding hydrogens is 440 g/mol. The SMILES string of the molecule is CN(C)c1ccc(C(=O)N[C@H](C(=[N+]=[N-])C(=O)OC(C)(C)C)c2ccc(-c3ccccc3)cc2)cc1. The molecule has 0 bridgehead atoms. The molecule has 0 heterocycles. The Hall–Kier alpha value is -4.22. The highest BCUT2D eigenvalue weighted by Gasteiger charge is 2.37. The lowest BCUT2D eigenvalue weighted by molar-refractivity contribution is -0.151. The first-order valence-corrected chi connectivity index (χ1v) is 11.3. The van der Waals surface area contributed by atoms with E-state index in [9.17, 15) is 15.1 Å². The van der Waals surface area contributed by atoms with E-state index in [4.69, 9.17) is 4.74 Å². The van der Waals surface area contributed by atoms with E-state index in [1.165, 1.54) is 0 Å². The van der Waals surface area contributed by atoms with Crippen molar-refractivity contribution in [3.8, 4) is 11.1 Å². The number of anilines is 1. The molecule has 0 saturated carbocycles. The van der Waals surface area contributed by atoms with Crippen LogP contribution in [0, 0.1) is 0 Å². The monoisotopic (exact) mass is 470 g/mol. The molecule has 3 rings (SSSR count). The number of benzene rings is 3. The van der Waals surface area contributed by atoms with Crippen LogP contribution in [0.3, 0.4) is 0 Å².